The van der Waals surface area contributed by atoms with Crippen LogP contribution in [0.4, 0.5) is 11.4 Å². The fraction of sp³-hybridized carbons (Fsp3) is 0.333. The summed E-state index contributed by atoms with van der Waals surface area (Å²) in [6, 6.07) is 11.2. The normalized spacial score (nSPS) is 12.7. The molecule has 1 unspecified atom stereocenters. The van der Waals surface area contributed by atoms with Gasteiger partial charge in [0.1, 0.15) is 6.04 Å². The molecule has 0 bridgehead atoms. The predicted molar refractivity (Wildman–Crippen MR) is 119 cm³/mol. The second kappa shape index (κ2) is 7.98. The Morgan fingerprint density at radius 1 is 1.07 bits per heavy atom. The maximum atomic E-state index is 13.1. The molecule has 0 saturated carbocycles. The summed E-state index contributed by atoms with van der Waals surface area (Å²) in [6.07, 6.45) is 1.38. The van der Waals surface area contributed by atoms with E-state index in [0.717, 1.165) is 21.6 Å². The van der Waals surface area contributed by atoms with Gasteiger partial charge in [-0.25, -0.2) is 13.2 Å². The largest absolute Gasteiger partial charge is 0.328 e. The molecule has 0 aliphatic carbocycles. The van der Waals surface area contributed by atoms with E-state index in [9.17, 15) is 18.0 Å². The zero-order valence-corrected chi connectivity index (χ0v) is 18.5. The van der Waals surface area contributed by atoms with Crippen LogP contribution in [0.15, 0.2) is 47.3 Å². The Morgan fingerprint density at radius 3 is 2.23 bits per heavy atom. The molecule has 160 valence electrons. The van der Waals surface area contributed by atoms with Crippen molar-refractivity contribution >= 4 is 38.3 Å². The smallest absolute Gasteiger partial charge is 0.324 e. The highest BCUT2D eigenvalue weighted by Crippen LogP contribution is 2.24. The Balaban J connectivity index is 1.96. The van der Waals surface area contributed by atoms with Gasteiger partial charge in [0.25, 0.3) is 0 Å². The summed E-state index contributed by atoms with van der Waals surface area (Å²) in [6.45, 7) is 3.67. The van der Waals surface area contributed by atoms with Crippen LogP contribution in [0.3, 0.4) is 0 Å². The summed E-state index contributed by atoms with van der Waals surface area (Å²) in [4.78, 5) is 25.2. The number of imidazole rings is 1. The van der Waals surface area contributed by atoms with Crippen LogP contribution in [0.1, 0.15) is 18.9 Å². The first kappa shape index (κ1) is 21.6. The third-order valence-electron chi connectivity index (χ3n) is 5.16. The zero-order chi connectivity index (χ0) is 22.2. The van der Waals surface area contributed by atoms with Crippen molar-refractivity contribution in [3.8, 4) is 0 Å². The Bertz CT molecular complexity index is 1260. The Hall–Kier alpha value is -3.07. The summed E-state index contributed by atoms with van der Waals surface area (Å²) in [7, 11) is -0.357. The van der Waals surface area contributed by atoms with Gasteiger partial charge in [-0.15, -0.1) is 0 Å². The van der Waals surface area contributed by atoms with Crippen LogP contribution < -0.4 is 15.3 Å². The van der Waals surface area contributed by atoms with Crippen molar-refractivity contribution in [3.05, 3.63) is 58.5 Å². The molecule has 1 aromatic heterocycles. The summed E-state index contributed by atoms with van der Waals surface area (Å²) in [5.74, 6) is -0.441. The van der Waals surface area contributed by atoms with Crippen molar-refractivity contribution in [1.82, 2.24) is 9.13 Å². The number of carbonyl (C=O) groups excluding carboxylic acids is 1. The van der Waals surface area contributed by atoms with Crippen LogP contribution in [-0.4, -0.2) is 35.8 Å². The van der Waals surface area contributed by atoms with E-state index < -0.39 is 22.0 Å². The number of nitrogens with zero attached hydrogens (tertiary/aromatic N) is 3. The van der Waals surface area contributed by atoms with Crippen LogP contribution in [0.25, 0.3) is 11.0 Å². The molecule has 3 aromatic rings. The van der Waals surface area contributed by atoms with Crippen LogP contribution in [-0.2, 0) is 28.9 Å². The highest BCUT2D eigenvalue weighted by Gasteiger charge is 2.31. The van der Waals surface area contributed by atoms with Gasteiger partial charge >= 0.3 is 5.69 Å². The highest BCUT2D eigenvalue weighted by molar-refractivity contribution is 7.92. The van der Waals surface area contributed by atoms with Gasteiger partial charge in [-0.2, -0.15) is 0 Å². The minimum absolute atomic E-state index is 0.164. The van der Waals surface area contributed by atoms with E-state index >= 15 is 0 Å². The molecule has 0 saturated heterocycles. The topological polar surface area (TPSA) is 93.4 Å². The molecule has 1 N–H and O–H groups in total. The number of anilines is 2. The van der Waals surface area contributed by atoms with Gasteiger partial charge < -0.3 is 5.32 Å². The highest BCUT2D eigenvalue weighted by atomic mass is 32.2. The molecule has 2 aromatic carbocycles. The van der Waals surface area contributed by atoms with Crippen LogP contribution in [0, 0.1) is 6.92 Å². The lowest BCUT2D eigenvalue weighted by Gasteiger charge is -2.30. The standard InChI is InChI=1S/C21H26N4O4S/c1-6-17(25(30(5,28)29)16-10-7-14(2)8-11-16)20(26)22-15-9-12-18-19(13-15)24(4)21(27)23(18)3/h7-13,17H,6H2,1-5H3,(H,22,26). The van der Waals surface area contributed by atoms with Crippen molar-refractivity contribution < 1.29 is 13.2 Å². The van der Waals surface area contributed by atoms with E-state index in [1.807, 2.05) is 19.1 Å². The molecule has 0 fully saturated rings. The van der Waals surface area contributed by atoms with Gasteiger partial charge in [0.2, 0.25) is 15.9 Å². The molecular formula is C21H26N4O4S. The van der Waals surface area contributed by atoms with Gasteiger partial charge in [-0.1, -0.05) is 24.6 Å². The molecule has 0 aliphatic rings. The fourth-order valence-corrected chi connectivity index (χ4v) is 4.77. The van der Waals surface area contributed by atoms with Gasteiger partial charge in [0.05, 0.1) is 23.0 Å². The average Bonchev–Trinajstić information content (AvgIpc) is 2.90. The number of aromatic nitrogens is 2. The number of rotatable bonds is 6. The average molecular weight is 431 g/mol. The lowest BCUT2D eigenvalue weighted by Crippen LogP contribution is -2.47. The molecule has 8 nitrogen and oxygen atoms in total. The van der Waals surface area contributed by atoms with E-state index in [0.29, 0.717) is 23.3 Å². The zero-order valence-electron chi connectivity index (χ0n) is 17.7. The minimum Gasteiger partial charge on any atom is -0.324 e. The lowest BCUT2D eigenvalue weighted by atomic mass is 10.1. The number of benzene rings is 2. The third kappa shape index (κ3) is 3.97. The number of hydrogen-bond donors (Lipinski definition) is 1. The summed E-state index contributed by atoms with van der Waals surface area (Å²) in [5.41, 5.74) is 3.17. The number of amides is 1. The Morgan fingerprint density at radius 2 is 1.67 bits per heavy atom. The molecule has 0 aliphatic heterocycles. The number of sulfonamides is 1. The first-order valence-electron chi connectivity index (χ1n) is 9.57. The van der Waals surface area contributed by atoms with E-state index in [-0.39, 0.29) is 5.69 Å². The van der Waals surface area contributed by atoms with Gasteiger partial charge in [0.15, 0.2) is 0 Å². The number of fused-ring (bicyclic) bond motifs is 1. The molecular weight excluding hydrogens is 404 g/mol. The van der Waals surface area contributed by atoms with E-state index in [1.54, 1.807) is 51.4 Å². The molecule has 9 heteroatoms. The summed E-state index contributed by atoms with van der Waals surface area (Å²) >= 11 is 0. The van der Waals surface area contributed by atoms with Crippen molar-refractivity contribution in [3.63, 3.8) is 0 Å². The number of hydrogen-bond acceptors (Lipinski definition) is 4. The fourth-order valence-electron chi connectivity index (χ4n) is 3.56. The van der Waals surface area contributed by atoms with Gasteiger partial charge in [-0.3, -0.25) is 18.2 Å². The first-order chi connectivity index (χ1) is 14.0. The Labute approximate surface area is 175 Å². The third-order valence-corrected chi connectivity index (χ3v) is 6.34. The summed E-state index contributed by atoms with van der Waals surface area (Å²) in [5, 5.41) is 2.81. The SMILES string of the molecule is CCC(C(=O)Nc1ccc2c(c1)n(C)c(=O)n2C)N(c1ccc(C)cc1)S(C)(=O)=O. The molecule has 0 radical (unpaired) electrons. The van der Waals surface area contributed by atoms with Crippen molar-refractivity contribution in [1.29, 1.82) is 0 Å². The van der Waals surface area contributed by atoms with Crippen molar-refractivity contribution in [2.24, 2.45) is 14.1 Å². The Kier molecular flexibility index (Phi) is 5.76. The predicted octanol–water partition coefficient (Wildman–Crippen LogP) is 2.37. The monoisotopic (exact) mass is 430 g/mol. The minimum atomic E-state index is -3.70. The maximum absolute atomic E-state index is 13.1. The molecule has 30 heavy (non-hydrogen) atoms. The van der Waals surface area contributed by atoms with Crippen molar-refractivity contribution in [2.75, 3.05) is 15.9 Å². The van der Waals surface area contributed by atoms with E-state index in [2.05, 4.69) is 5.32 Å². The molecule has 1 amide bonds. The molecule has 3 rings (SSSR count). The number of aryl methyl sites for hydroxylation is 3. The maximum Gasteiger partial charge on any atom is 0.328 e. The second-order valence-corrected chi connectivity index (χ2v) is 9.27. The molecule has 1 heterocycles. The van der Waals surface area contributed by atoms with Gasteiger partial charge in [-0.05, 0) is 43.7 Å². The van der Waals surface area contributed by atoms with Crippen LogP contribution >= 0.6 is 0 Å². The number of carbonyl (C=O) groups is 1. The quantitative estimate of drug-likeness (QED) is 0.650. The second-order valence-electron chi connectivity index (χ2n) is 7.41. The van der Waals surface area contributed by atoms with E-state index in [1.165, 1.54) is 9.13 Å². The van der Waals surface area contributed by atoms with Gasteiger partial charge in [0, 0.05) is 19.8 Å². The molecule has 0 spiro atoms. The number of nitrogens with one attached hydrogen (secondary N) is 1. The molecule has 1 atom stereocenters. The van der Waals surface area contributed by atoms with Crippen LogP contribution in [0.2, 0.25) is 0 Å². The first-order valence-corrected chi connectivity index (χ1v) is 11.4. The summed E-state index contributed by atoms with van der Waals surface area (Å²) < 4.78 is 29.3. The van der Waals surface area contributed by atoms with E-state index in [4.69, 9.17) is 0 Å². The lowest BCUT2D eigenvalue weighted by molar-refractivity contribution is -0.117. The van der Waals surface area contributed by atoms with Crippen molar-refractivity contribution in [2.45, 2.75) is 26.3 Å². The van der Waals surface area contributed by atoms with Crippen LogP contribution in [0.5, 0.6) is 0 Å².